The van der Waals surface area contributed by atoms with Crippen LogP contribution in [-0.2, 0) is 9.47 Å². The van der Waals surface area contributed by atoms with Crippen LogP contribution >= 0.6 is 0 Å². The highest BCUT2D eigenvalue weighted by Crippen LogP contribution is 2.16. The van der Waals surface area contributed by atoms with Crippen LogP contribution in [0.4, 0.5) is 5.82 Å². The van der Waals surface area contributed by atoms with Gasteiger partial charge >= 0.3 is 0 Å². The minimum atomic E-state index is 0.397. The van der Waals surface area contributed by atoms with Gasteiger partial charge in [0.25, 0.3) is 0 Å². The first kappa shape index (κ1) is 13.4. The molecule has 0 spiro atoms. The molecule has 0 amide bonds. The van der Waals surface area contributed by atoms with Crippen molar-refractivity contribution in [2.45, 2.75) is 0 Å². The molecule has 2 N–H and O–H groups in total. The number of nitrogen functional groups attached to an aromatic ring is 1. The molecule has 1 aliphatic rings. The lowest BCUT2D eigenvalue weighted by Crippen LogP contribution is -2.16. The van der Waals surface area contributed by atoms with E-state index < -0.39 is 0 Å². The van der Waals surface area contributed by atoms with Gasteiger partial charge in [0.05, 0.1) is 31.9 Å². The Balaban J connectivity index is 0.000000186. The van der Waals surface area contributed by atoms with E-state index in [9.17, 15) is 4.79 Å². The van der Waals surface area contributed by atoms with Gasteiger partial charge < -0.3 is 15.2 Å². The average Bonchev–Trinajstić information content (AvgIpc) is 2.50. The highest BCUT2D eigenvalue weighted by molar-refractivity contribution is 5.92. The summed E-state index contributed by atoms with van der Waals surface area (Å²) in [6, 6.07) is 5.12. The lowest BCUT2D eigenvalue weighted by Gasteiger charge is -2.09. The summed E-state index contributed by atoms with van der Waals surface area (Å²) in [6.07, 6.45) is 2.17. The van der Waals surface area contributed by atoms with Crippen LogP contribution in [0.3, 0.4) is 0 Å². The molecule has 6 heteroatoms. The fraction of sp³-hybridized carbons (Fsp3) is 0.308. The molecule has 1 aromatic heterocycles. The monoisotopic (exact) mass is 261 g/mol. The molecule has 0 saturated carbocycles. The summed E-state index contributed by atoms with van der Waals surface area (Å²) in [6.45, 7) is 3.11. The zero-order valence-corrected chi connectivity index (χ0v) is 10.4. The largest absolute Gasteiger partial charge is 0.383 e. The molecule has 1 aliphatic heterocycles. The van der Waals surface area contributed by atoms with Crippen LogP contribution in [0.15, 0.2) is 24.5 Å². The van der Waals surface area contributed by atoms with Gasteiger partial charge in [-0.25, -0.2) is 9.97 Å². The van der Waals surface area contributed by atoms with Gasteiger partial charge in [0.1, 0.15) is 18.4 Å². The van der Waals surface area contributed by atoms with Crippen molar-refractivity contribution in [1.29, 1.82) is 0 Å². The lowest BCUT2D eigenvalue weighted by atomic mass is 10.1. The summed E-state index contributed by atoms with van der Waals surface area (Å²) in [5, 5.41) is 0.715. The quantitative estimate of drug-likeness (QED) is 0.772. The standard InChI is InChI=1S/C9H7N3O.C4H8O2/c10-9-7-3-6(4-13)1-2-8(7)11-5-12-9;1-2-6-4-3-5-1/h1-5H,(H2,10,11,12);1-4H2. The van der Waals surface area contributed by atoms with E-state index in [-0.39, 0.29) is 0 Å². The zero-order valence-electron chi connectivity index (χ0n) is 10.4. The van der Waals surface area contributed by atoms with Crippen molar-refractivity contribution in [1.82, 2.24) is 9.97 Å². The van der Waals surface area contributed by atoms with Crippen LogP contribution in [0, 0.1) is 0 Å². The van der Waals surface area contributed by atoms with Crippen LogP contribution < -0.4 is 5.73 Å². The Morgan fingerprint density at radius 1 is 1.11 bits per heavy atom. The first-order valence-electron chi connectivity index (χ1n) is 5.92. The maximum absolute atomic E-state index is 10.5. The number of aromatic nitrogens is 2. The Morgan fingerprint density at radius 2 is 1.79 bits per heavy atom. The van der Waals surface area contributed by atoms with Gasteiger partial charge in [-0.1, -0.05) is 0 Å². The van der Waals surface area contributed by atoms with Crippen LogP contribution in [0.25, 0.3) is 10.9 Å². The number of ether oxygens (including phenoxy) is 2. The molecule has 0 bridgehead atoms. The number of rotatable bonds is 1. The van der Waals surface area contributed by atoms with Gasteiger partial charge in [0, 0.05) is 10.9 Å². The Labute approximate surface area is 110 Å². The fourth-order valence-corrected chi connectivity index (χ4v) is 1.61. The van der Waals surface area contributed by atoms with Crippen molar-refractivity contribution in [3.63, 3.8) is 0 Å². The summed E-state index contributed by atoms with van der Waals surface area (Å²) in [5.74, 6) is 0.397. The summed E-state index contributed by atoms with van der Waals surface area (Å²) < 4.78 is 9.89. The van der Waals surface area contributed by atoms with E-state index in [0.717, 1.165) is 38.2 Å². The number of carbonyl (C=O) groups excluding carboxylic acids is 1. The number of hydrogen-bond donors (Lipinski definition) is 1. The molecule has 100 valence electrons. The molecule has 3 rings (SSSR count). The van der Waals surface area contributed by atoms with E-state index in [1.54, 1.807) is 18.2 Å². The predicted molar refractivity (Wildman–Crippen MR) is 71.0 cm³/mol. The molecule has 1 fully saturated rings. The molecule has 1 saturated heterocycles. The van der Waals surface area contributed by atoms with Crippen LogP contribution in [0.2, 0.25) is 0 Å². The third kappa shape index (κ3) is 3.70. The Kier molecular flexibility index (Phi) is 4.77. The fourth-order valence-electron chi connectivity index (χ4n) is 1.61. The minimum Gasteiger partial charge on any atom is -0.383 e. The molecule has 6 nitrogen and oxygen atoms in total. The van der Waals surface area contributed by atoms with E-state index in [1.807, 2.05) is 0 Å². The molecular weight excluding hydrogens is 246 g/mol. The number of fused-ring (bicyclic) bond motifs is 1. The second-order valence-corrected chi connectivity index (χ2v) is 3.88. The van der Waals surface area contributed by atoms with Gasteiger partial charge in [-0.2, -0.15) is 0 Å². The molecule has 0 aliphatic carbocycles. The molecule has 0 radical (unpaired) electrons. The maximum atomic E-state index is 10.5. The number of benzene rings is 1. The molecule has 0 atom stereocenters. The second-order valence-electron chi connectivity index (χ2n) is 3.88. The smallest absolute Gasteiger partial charge is 0.150 e. The lowest BCUT2D eigenvalue weighted by molar-refractivity contribution is -0.0334. The van der Waals surface area contributed by atoms with E-state index in [1.165, 1.54) is 6.33 Å². The number of nitrogens with two attached hydrogens (primary N) is 1. The topological polar surface area (TPSA) is 87.3 Å². The highest BCUT2D eigenvalue weighted by Gasteiger charge is 2.00. The molecule has 1 aromatic carbocycles. The van der Waals surface area contributed by atoms with Crippen molar-refractivity contribution in [2.75, 3.05) is 32.2 Å². The summed E-state index contributed by atoms with van der Waals surface area (Å²) in [5.41, 5.74) is 6.94. The van der Waals surface area contributed by atoms with E-state index in [0.29, 0.717) is 16.8 Å². The Hall–Kier alpha value is -2.05. The molecule has 2 aromatic rings. The molecular formula is C13H15N3O3. The van der Waals surface area contributed by atoms with E-state index >= 15 is 0 Å². The SMILES string of the molecule is C1COCCO1.Nc1ncnc2ccc(C=O)cc12. The van der Waals surface area contributed by atoms with Crippen LogP contribution in [0.1, 0.15) is 10.4 Å². The summed E-state index contributed by atoms with van der Waals surface area (Å²) in [4.78, 5) is 18.3. The molecule has 2 heterocycles. The summed E-state index contributed by atoms with van der Waals surface area (Å²) >= 11 is 0. The number of aldehydes is 1. The highest BCUT2D eigenvalue weighted by atomic mass is 16.6. The first-order valence-corrected chi connectivity index (χ1v) is 5.92. The van der Waals surface area contributed by atoms with Crippen molar-refractivity contribution in [3.8, 4) is 0 Å². The molecule has 19 heavy (non-hydrogen) atoms. The normalized spacial score (nSPS) is 14.5. The van der Waals surface area contributed by atoms with Crippen LogP contribution in [0.5, 0.6) is 0 Å². The summed E-state index contributed by atoms with van der Waals surface area (Å²) in [7, 11) is 0. The third-order valence-electron chi connectivity index (χ3n) is 2.57. The number of carbonyl (C=O) groups is 1. The number of nitrogens with zero attached hydrogens (tertiary/aromatic N) is 2. The van der Waals surface area contributed by atoms with Crippen molar-refractivity contribution in [2.24, 2.45) is 0 Å². The van der Waals surface area contributed by atoms with Crippen LogP contribution in [-0.4, -0.2) is 42.7 Å². The Morgan fingerprint density at radius 3 is 2.37 bits per heavy atom. The van der Waals surface area contributed by atoms with Gasteiger partial charge in [0.2, 0.25) is 0 Å². The Bertz CT molecular complexity index is 544. The van der Waals surface area contributed by atoms with E-state index in [2.05, 4.69) is 9.97 Å². The zero-order chi connectivity index (χ0) is 13.5. The van der Waals surface area contributed by atoms with Gasteiger partial charge in [-0.3, -0.25) is 4.79 Å². The van der Waals surface area contributed by atoms with Gasteiger partial charge in [0.15, 0.2) is 0 Å². The average molecular weight is 261 g/mol. The number of anilines is 1. The first-order chi connectivity index (χ1) is 9.31. The van der Waals surface area contributed by atoms with E-state index in [4.69, 9.17) is 15.2 Å². The third-order valence-corrected chi connectivity index (χ3v) is 2.57. The van der Waals surface area contributed by atoms with Crippen molar-refractivity contribution >= 4 is 23.0 Å². The van der Waals surface area contributed by atoms with Crippen molar-refractivity contribution in [3.05, 3.63) is 30.1 Å². The minimum absolute atomic E-state index is 0.397. The van der Waals surface area contributed by atoms with Gasteiger partial charge in [-0.15, -0.1) is 0 Å². The maximum Gasteiger partial charge on any atom is 0.150 e. The predicted octanol–water partition coefficient (Wildman–Crippen LogP) is 1.06. The number of hydrogen-bond acceptors (Lipinski definition) is 6. The van der Waals surface area contributed by atoms with Crippen molar-refractivity contribution < 1.29 is 14.3 Å². The van der Waals surface area contributed by atoms with Gasteiger partial charge in [-0.05, 0) is 18.2 Å². The second kappa shape index (κ2) is 6.77. The molecule has 0 unspecified atom stereocenters.